The molecule has 0 amide bonds. The lowest BCUT2D eigenvalue weighted by Gasteiger charge is -2.17. The van der Waals surface area contributed by atoms with Gasteiger partial charge in [0.25, 0.3) is 0 Å². The third-order valence-electron chi connectivity index (χ3n) is 4.12. The molecule has 2 aromatic rings. The molecule has 1 aromatic heterocycles. The van der Waals surface area contributed by atoms with Crippen LogP contribution in [0.1, 0.15) is 45.1 Å². The Morgan fingerprint density at radius 2 is 1.92 bits per heavy atom. The van der Waals surface area contributed by atoms with E-state index in [1.807, 2.05) is 31.4 Å². The van der Waals surface area contributed by atoms with Crippen LogP contribution in [0.3, 0.4) is 0 Å². The largest absolute Gasteiger partial charge is 0.454 e. The second kappa shape index (κ2) is 8.84. The van der Waals surface area contributed by atoms with Crippen LogP contribution in [-0.4, -0.2) is 36.6 Å². The maximum Gasteiger partial charge on any atom is 0.340 e. The number of carbonyl (C=O) groups excluding carboxylic acids is 2. The molecule has 140 valence electrons. The highest BCUT2D eigenvalue weighted by molar-refractivity contribution is 9.10. The first-order valence-corrected chi connectivity index (χ1v) is 9.26. The fourth-order valence-corrected chi connectivity index (χ4v) is 3.55. The Kier molecular flexibility index (Phi) is 7.03. The first-order valence-electron chi connectivity index (χ1n) is 8.09. The minimum absolute atomic E-state index is 0.101. The zero-order valence-corrected chi connectivity index (χ0v) is 17.5. The summed E-state index contributed by atoms with van der Waals surface area (Å²) in [5, 5.41) is 0.275. The zero-order chi connectivity index (χ0) is 19.4. The molecule has 0 radical (unpaired) electrons. The molecule has 26 heavy (non-hydrogen) atoms. The number of esters is 1. The number of rotatable bonds is 7. The Morgan fingerprint density at radius 1 is 1.23 bits per heavy atom. The maximum atomic E-state index is 12.5. The Morgan fingerprint density at radius 3 is 2.58 bits per heavy atom. The van der Waals surface area contributed by atoms with Gasteiger partial charge in [0.05, 0.1) is 23.2 Å². The highest BCUT2D eigenvalue weighted by Crippen LogP contribution is 2.23. The van der Waals surface area contributed by atoms with Crippen molar-refractivity contribution in [1.82, 2.24) is 4.57 Å². The van der Waals surface area contributed by atoms with Gasteiger partial charge in [0.15, 0.2) is 6.61 Å². The van der Waals surface area contributed by atoms with Crippen molar-refractivity contribution in [1.29, 1.82) is 0 Å². The third kappa shape index (κ3) is 4.55. The second-order valence-electron chi connectivity index (χ2n) is 6.08. The topological polar surface area (TPSA) is 57.5 Å². The van der Waals surface area contributed by atoms with Gasteiger partial charge < -0.3 is 14.0 Å². The number of methoxy groups -OCH3 is 1. The predicted molar refractivity (Wildman–Crippen MR) is 104 cm³/mol. The lowest BCUT2D eigenvalue weighted by atomic mass is 10.1. The SMILES string of the molecule is COCC(C)n1c(C)cc(C(=O)COC(=O)c2cc(Br)ccc2Cl)c1C. The number of nitrogens with zero attached hydrogens (tertiary/aromatic N) is 1. The van der Waals surface area contributed by atoms with Gasteiger partial charge in [0, 0.05) is 28.5 Å². The number of hydrogen-bond donors (Lipinski definition) is 0. The van der Waals surface area contributed by atoms with Crippen molar-refractivity contribution in [3.63, 3.8) is 0 Å². The van der Waals surface area contributed by atoms with Crippen molar-refractivity contribution in [3.8, 4) is 0 Å². The molecule has 2 rings (SSSR count). The van der Waals surface area contributed by atoms with E-state index in [0.29, 0.717) is 16.6 Å². The van der Waals surface area contributed by atoms with E-state index in [9.17, 15) is 9.59 Å². The number of benzene rings is 1. The average Bonchev–Trinajstić information content (AvgIpc) is 2.89. The molecule has 0 aliphatic carbocycles. The number of aryl methyl sites for hydroxylation is 1. The molecular weight excluding hydrogens is 422 g/mol. The molecule has 0 bridgehead atoms. The van der Waals surface area contributed by atoms with Gasteiger partial charge in [-0.1, -0.05) is 27.5 Å². The van der Waals surface area contributed by atoms with Gasteiger partial charge in [-0.15, -0.1) is 0 Å². The van der Waals surface area contributed by atoms with Gasteiger partial charge in [-0.3, -0.25) is 4.79 Å². The van der Waals surface area contributed by atoms with Crippen LogP contribution in [-0.2, 0) is 9.47 Å². The predicted octanol–water partition coefficient (Wildman–Crippen LogP) is 4.77. The van der Waals surface area contributed by atoms with Crippen molar-refractivity contribution in [2.75, 3.05) is 20.3 Å². The van der Waals surface area contributed by atoms with E-state index >= 15 is 0 Å². The van der Waals surface area contributed by atoms with Crippen molar-refractivity contribution in [3.05, 3.63) is 56.3 Å². The molecule has 1 aromatic carbocycles. The highest BCUT2D eigenvalue weighted by Gasteiger charge is 2.21. The van der Waals surface area contributed by atoms with Crippen LogP contribution in [0.5, 0.6) is 0 Å². The quantitative estimate of drug-likeness (QED) is 0.458. The van der Waals surface area contributed by atoms with Crippen LogP contribution >= 0.6 is 27.5 Å². The Labute approximate surface area is 166 Å². The summed E-state index contributed by atoms with van der Waals surface area (Å²) in [5.41, 5.74) is 2.54. The summed E-state index contributed by atoms with van der Waals surface area (Å²) in [6.07, 6.45) is 0. The molecule has 0 saturated carbocycles. The fraction of sp³-hybridized carbons (Fsp3) is 0.368. The summed E-state index contributed by atoms with van der Waals surface area (Å²) in [7, 11) is 1.64. The standard InChI is InChI=1S/C19H21BrClNO4/c1-11-7-15(13(3)22(11)12(2)9-25-4)18(23)10-26-19(24)16-8-14(20)5-6-17(16)21/h5-8,12H,9-10H2,1-4H3. The Balaban J connectivity index is 2.12. The molecule has 1 unspecified atom stereocenters. The summed E-state index contributed by atoms with van der Waals surface area (Å²) in [6.45, 7) is 6.03. The summed E-state index contributed by atoms with van der Waals surface area (Å²) in [6, 6.07) is 6.79. The molecule has 5 nitrogen and oxygen atoms in total. The van der Waals surface area contributed by atoms with Crippen LogP contribution in [0.15, 0.2) is 28.7 Å². The Bertz CT molecular complexity index is 831. The number of Topliss-reactive ketones (excluding diaryl/α,β-unsaturated/α-hetero) is 1. The fourth-order valence-electron chi connectivity index (χ4n) is 2.99. The van der Waals surface area contributed by atoms with E-state index in [2.05, 4.69) is 15.9 Å². The summed E-state index contributed by atoms with van der Waals surface area (Å²) in [5.74, 6) is -0.889. The van der Waals surface area contributed by atoms with E-state index in [1.54, 1.807) is 25.3 Å². The summed E-state index contributed by atoms with van der Waals surface area (Å²) >= 11 is 9.30. The van der Waals surface area contributed by atoms with Gasteiger partial charge in [-0.2, -0.15) is 0 Å². The van der Waals surface area contributed by atoms with E-state index in [0.717, 1.165) is 11.4 Å². The van der Waals surface area contributed by atoms with Gasteiger partial charge in [0.2, 0.25) is 5.78 Å². The number of aromatic nitrogens is 1. The van der Waals surface area contributed by atoms with Crippen LogP contribution in [0, 0.1) is 13.8 Å². The smallest absolute Gasteiger partial charge is 0.340 e. The zero-order valence-electron chi connectivity index (χ0n) is 15.1. The van der Waals surface area contributed by atoms with Crippen molar-refractivity contribution in [2.45, 2.75) is 26.8 Å². The minimum atomic E-state index is -0.633. The second-order valence-corrected chi connectivity index (χ2v) is 7.41. The number of hydrogen-bond acceptors (Lipinski definition) is 4. The van der Waals surface area contributed by atoms with Gasteiger partial charge in [-0.05, 0) is 45.0 Å². The van der Waals surface area contributed by atoms with E-state index in [4.69, 9.17) is 21.1 Å². The molecule has 7 heteroatoms. The molecule has 1 atom stereocenters. The molecule has 0 N–H and O–H groups in total. The van der Waals surface area contributed by atoms with Crippen LogP contribution in [0.4, 0.5) is 0 Å². The molecule has 0 aliphatic rings. The number of halogens is 2. The van der Waals surface area contributed by atoms with Gasteiger partial charge in [0.1, 0.15) is 0 Å². The van der Waals surface area contributed by atoms with Crippen LogP contribution in [0.2, 0.25) is 5.02 Å². The van der Waals surface area contributed by atoms with E-state index in [1.165, 1.54) is 0 Å². The van der Waals surface area contributed by atoms with Crippen molar-refractivity contribution >= 4 is 39.3 Å². The molecule has 0 saturated heterocycles. The van der Waals surface area contributed by atoms with E-state index < -0.39 is 5.97 Å². The van der Waals surface area contributed by atoms with E-state index in [-0.39, 0.29) is 29.0 Å². The normalized spacial score (nSPS) is 12.1. The van der Waals surface area contributed by atoms with Crippen molar-refractivity contribution in [2.24, 2.45) is 0 Å². The van der Waals surface area contributed by atoms with Crippen LogP contribution < -0.4 is 0 Å². The van der Waals surface area contributed by atoms with Gasteiger partial charge >= 0.3 is 5.97 Å². The molecular formula is C19H21BrClNO4. The lowest BCUT2D eigenvalue weighted by Crippen LogP contribution is -2.17. The average molecular weight is 443 g/mol. The first-order chi connectivity index (χ1) is 12.3. The molecule has 1 heterocycles. The summed E-state index contributed by atoms with van der Waals surface area (Å²) in [4.78, 5) is 24.7. The number of ketones is 1. The molecule has 0 fully saturated rings. The highest BCUT2D eigenvalue weighted by atomic mass is 79.9. The first kappa shape index (κ1) is 20.7. The molecule has 0 aliphatic heterocycles. The minimum Gasteiger partial charge on any atom is -0.454 e. The number of carbonyl (C=O) groups is 2. The van der Waals surface area contributed by atoms with Gasteiger partial charge in [-0.25, -0.2) is 4.79 Å². The molecule has 0 spiro atoms. The summed E-state index contributed by atoms with van der Waals surface area (Å²) < 4.78 is 13.1. The van der Waals surface area contributed by atoms with Crippen LogP contribution in [0.25, 0.3) is 0 Å². The van der Waals surface area contributed by atoms with Crippen molar-refractivity contribution < 1.29 is 19.1 Å². The maximum absolute atomic E-state index is 12.5. The Hall–Kier alpha value is -1.63. The monoisotopic (exact) mass is 441 g/mol. The lowest BCUT2D eigenvalue weighted by molar-refractivity contribution is 0.0474. The third-order valence-corrected chi connectivity index (χ3v) is 4.94. The number of ether oxygens (including phenoxy) is 2.